The van der Waals surface area contributed by atoms with E-state index in [0.29, 0.717) is 13.2 Å². The molecule has 4 nitrogen and oxygen atoms in total. The van der Waals surface area contributed by atoms with E-state index >= 15 is 0 Å². The lowest BCUT2D eigenvalue weighted by Crippen LogP contribution is -2.30. The molecule has 0 fully saturated rings. The number of rotatable bonds is 9. The molecule has 1 aromatic carbocycles. The van der Waals surface area contributed by atoms with Crippen molar-refractivity contribution in [1.29, 1.82) is 0 Å². The number of hydrogen-bond donors (Lipinski definition) is 1. The molecule has 1 aromatic rings. The molecule has 0 radical (unpaired) electrons. The van der Waals surface area contributed by atoms with E-state index in [4.69, 9.17) is 4.74 Å². The number of carbonyl (C=O) groups excluding carboxylic acids is 1. The van der Waals surface area contributed by atoms with E-state index in [0.717, 1.165) is 12.0 Å². The fourth-order valence-electron chi connectivity index (χ4n) is 1.63. The van der Waals surface area contributed by atoms with Crippen LogP contribution in [0.4, 0.5) is 4.39 Å². The number of hydrogen-bond acceptors (Lipinski definition) is 3. The molecule has 0 saturated heterocycles. The van der Waals surface area contributed by atoms with Crippen LogP contribution in [0.5, 0.6) is 0 Å². The van der Waals surface area contributed by atoms with Gasteiger partial charge in [-0.2, -0.15) is 0 Å². The van der Waals surface area contributed by atoms with E-state index in [2.05, 4.69) is 5.32 Å². The van der Waals surface area contributed by atoms with Gasteiger partial charge >= 0.3 is 0 Å². The summed E-state index contributed by atoms with van der Waals surface area (Å²) in [4.78, 5) is 11.6. The molecule has 118 valence electrons. The average molecular weight is 315 g/mol. The summed E-state index contributed by atoms with van der Waals surface area (Å²) in [6.07, 6.45) is 0.915. The second kappa shape index (κ2) is 9.63. The van der Waals surface area contributed by atoms with Crippen LogP contribution in [0.1, 0.15) is 25.8 Å². The van der Waals surface area contributed by atoms with Crippen molar-refractivity contribution in [3.63, 3.8) is 0 Å². The number of benzene rings is 1. The van der Waals surface area contributed by atoms with Crippen LogP contribution in [0.2, 0.25) is 0 Å². The van der Waals surface area contributed by atoms with Crippen molar-refractivity contribution >= 4 is 16.7 Å². The Balaban J connectivity index is 2.18. The zero-order valence-corrected chi connectivity index (χ0v) is 13.2. The van der Waals surface area contributed by atoms with Crippen molar-refractivity contribution in [3.05, 3.63) is 35.6 Å². The molecule has 21 heavy (non-hydrogen) atoms. The molecule has 0 aliphatic rings. The van der Waals surface area contributed by atoms with Crippen molar-refractivity contribution in [1.82, 2.24) is 5.32 Å². The summed E-state index contributed by atoms with van der Waals surface area (Å²) in [5, 5.41) is 2.71. The summed E-state index contributed by atoms with van der Waals surface area (Å²) in [5.41, 5.74) is 0.757. The quantitative estimate of drug-likeness (QED) is 0.709. The van der Waals surface area contributed by atoms with E-state index in [-0.39, 0.29) is 29.3 Å². The number of halogens is 1. The third kappa shape index (κ3) is 8.57. The minimum atomic E-state index is -1.29. The first kappa shape index (κ1) is 17.8. The topological polar surface area (TPSA) is 55.4 Å². The van der Waals surface area contributed by atoms with Crippen molar-refractivity contribution in [2.45, 2.75) is 32.1 Å². The summed E-state index contributed by atoms with van der Waals surface area (Å²) in [5.74, 6) is -0.349. The highest BCUT2D eigenvalue weighted by molar-refractivity contribution is 7.84. The Morgan fingerprint density at radius 3 is 2.62 bits per heavy atom. The maximum Gasteiger partial charge on any atom is 0.232 e. The highest BCUT2D eigenvalue weighted by Gasteiger charge is 2.08. The predicted molar refractivity (Wildman–Crippen MR) is 81.8 cm³/mol. The van der Waals surface area contributed by atoms with Crippen molar-refractivity contribution in [3.8, 4) is 0 Å². The van der Waals surface area contributed by atoms with Gasteiger partial charge in [0.15, 0.2) is 0 Å². The van der Waals surface area contributed by atoms with Crippen molar-refractivity contribution in [2.75, 3.05) is 18.9 Å². The van der Waals surface area contributed by atoms with Crippen LogP contribution in [-0.4, -0.2) is 35.1 Å². The van der Waals surface area contributed by atoms with Gasteiger partial charge in [-0.25, -0.2) is 4.39 Å². The fraction of sp³-hybridized carbons (Fsp3) is 0.533. The smallest absolute Gasteiger partial charge is 0.232 e. The lowest BCUT2D eigenvalue weighted by atomic mass is 10.2. The Bertz CT molecular complexity index is 462. The lowest BCUT2D eigenvalue weighted by molar-refractivity contribution is -0.118. The monoisotopic (exact) mass is 315 g/mol. The van der Waals surface area contributed by atoms with Gasteiger partial charge in [0.05, 0.1) is 6.10 Å². The van der Waals surface area contributed by atoms with Gasteiger partial charge in [0.2, 0.25) is 5.91 Å². The van der Waals surface area contributed by atoms with E-state index in [9.17, 15) is 13.4 Å². The van der Waals surface area contributed by atoms with E-state index < -0.39 is 10.8 Å². The van der Waals surface area contributed by atoms with Gasteiger partial charge in [0, 0.05) is 29.7 Å². The van der Waals surface area contributed by atoms with Crippen LogP contribution in [0, 0.1) is 5.82 Å². The van der Waals surface area contributed by atoms with Crippen LogP contribution >= 0.6 is 0 Å². The summed E-state index contributed by atoms with van der Waals surface area (Å²) < 4.78 is 29.9. The molecule has 0 saturated carbocycles. The number of amides is 1. The zero-order valence-electron chi connectivity index (χ0n) is 12.4. The third-order valence-electron chi connectivity index (χ3n) is 2.63. The number of nitrogens with one attached hydrogen (secondary N) is 1. The van der Waals surface area contributed by atoms with E-state index in [1.54, 1.807) is 12.1 Å². The normalized spacial score (nSPS) is 12.4. The maximum atomic E-state index is 12.7. The van der Waals surface area contributed by atoms with Crippen LogP contribution < -0.4 is 5.32 Å². The van der Waals surface area contributed by atoms with Crippen LogP contribution in [0.3, 0.4) is 0 Å². The first-order valence-electron chi connectivity index (χ1n) is 6.95. The van der Waals surface area contributed by atoms with Gasteiger partial charge in [0.1, 0.15) is 11.6 Å². The molecule has 1 rings (SSSR count). The SMILES string of the molecule is CC(C)OCCCNC(=O)C[S@](=O)Cc1ccc(F)cc1. The summed E-state index contributed by atoms with van der Waals surface area (Å²) in [7, 11) is -1.29. The fourth-order valence-corrected chi connectivity index (χ4v) is 2.69. The Morgan fingerprint density at radius 1 is 1.33 bits per heavy atom. The van der Waals surface area contributed by atoms with Crippen molar-refractivity contribution < 1.29 is 18.1 Å². The van der Waals surface area contributed by atoms with Gasteiger partial charge in [-0.05, 0) is 38.0 Å². The molecular weight excluding hydrogens is 293 g/mol. The van der Waals surface area contributed by atoms with E-state index in [1.807, 2.05) is 13.8 Å². The average Bonchev–Trinajstić information content (AvgIpc) is 2.40. The zero-order chi connectivity index (χ0) is 15.7. The molecule has 0 spiro atoms. The molecule has 1 amide bonds. The van der Waals surface area contributed by atoms with E-state index in [1.165, 1.54) is 12.1 Å². The lowest BCUT2D eigenvalue weighted by Gasteiger charge is -2.08. The number of carbonyl (C=O) groups is 1. The molecule has 0 heterocycles. The Labute approximate surface area is 127 Å². The first-order valence-corrected chi connectivity index (χ1v) is 8.44. The molecule has 0 unspecified atom stereocenters. The summed E-state index contributed by atoms with van der Waals surface area (Å²) in [6, 6.07) is 5.80. The second-order valence-corrected chi connectivity index (χ2v) is 6.44. The molecular formula is C15H22FNO3S. The molecule has 0 aliphatic carbocycles. The standard InChI is InChI=1S/C15H22FNO3S/c1-12(2)20-9-3-8-17-15(18)11-21(19)10-13-4-6-14(16)7-5-13/h4-7,12H,3,8-11H2,1-2H3,(H,17,18)/t21-/m1/s1. The Kier molecular flexibility index (Phi) is 8.15. The predicted octanol–water partition coefficient (Wildman–Crippen LogP) is 2.01. The largest absolute Gasteiger partial charge is 0.379 e. The summed E-state index contributed by atoms with van der Waals surface area (Å²) in [6.45, 7) is 5.02. The van der Waals surface area contributed by atoms with Gasteiger partial charge in [-0.1, -0.05) is 12.1 Å². The minimum absolute atomic E-state index is 0.0393. The summed E-state index contributed by atoms with van der Waals surface area (Å²) >= 11 is 0. The Hall–Kier alpha value is -1.27. The first-order chi connectivity index (χ1) is 9.97. The highest BCUT2D eigenvalue weighted by atomic mass is 32.2. The maximum absolute atomic E-state index is 12.7. The Morgan fingerprint density at radius 2 is 2.00 bits per heavy atom. The molecule has 1 N–H and O–H groups in total. The van der Waals surface area contributed by atoms with Crippen LogP contribution in [0.25, 0.3) is 0 Å². The van der Waals surface area contributed by atoms with Gasteiger partial charge in [0.25, 0.3) is 0 Å². The highest BCUT2D eigenvalue weighted by Crippen LogP contribution is 2.05. The van der Waals surface area contributed by atoms with Crippen molar-refractivity contribution in [2.24, 2.45) is 0 Å². The minimum Gasteiger partial charge on any atom is -0.379 e. The van der Waals surface area contributed by atoms with Gasteiger partial charge in [-0.3, -0.25) is 9.00 Å². The number of ether oxygens (including phenoxy) is 1. The molecule has 1 atom stereocenters. The van der Waals surface area contributed by atoms with Gasteiger partial charge < -0.3 is 10.1 Å². The molecule has 0 aliphatic heterocycles. The van der Waals surface area contributed by atoms with Crippen LogP contribution in [-0.2, 0) is 26.1 Å². The van der Waals surface area contributed by atoms with Crippen LogP contribution in [0.15, 0.2) is 24.3 Å². The molecule has 0 aromatic heterocycles. The third-order valence-corrected chi connectivity index (χ3v) is 3.87. The molecule has 6 heteroatoms. The van der Waals surface area contributed by atoms with Gasteiger partial charge in [-0.15, -0.1) is 0 Å². The second-order valence-electron chi connectivity index (χ2n) is 4.98. The molecule has 0 bridgehead atoms.